The summed E-state index contributed by atoms with van der Waals surface area (Å²) in [4.78, 5) is 20.5. The zero-order valence-electron chi connectivity index (χ0n) is 13.5. The highest BCUT2D eigenvalue weighted by molar-refractivity contribution is 5.93. The molecule has 3 rings (SSSR count). The van der Waals surface area contributed by atoms with Crippen LogP contribution in [0.4, 0.5) is 15.9 Å². The molecule has 5 nitrogen and oxygen atoms in total. The summed E-state index contributed by atoms with van der Waals surface area (Å²) in [5, 5.41) is 6.04. The van der Waals surface area contributed by atoms with Gasteiger partial charge in [-0.3, -0.25) is 4.79 Å². The summed E-state index contributed by atoms with van der Waals surface area (Å²) in [6.07, 6.45) is 8.16. The number of nitrogens with zero attached hydrogens (tertiary/aromatic N) is 2. The van der Waals surface area contributed by atoms with Crippen molar-refractivity contribution in [3.63, 3.8) is 0 Å². The normalized spacial score (nSPS) is 15.5. The molecular formula is C18H21FN4O. The topological polar surface area (TPSA) is 66.9 Å². The first-order valence-electron chi connectivity index (χ1n) is 8.36. The molecule has 1 fully saturated rings. The average Bonchev–Trinajstić information content (AvgIpc) is 2.84. The van der Waals surface area contributed by atoms with Crippen molar-refractivity contribution in [2.75, 3.05) is 5.32 Å². The third-order valence-electron chi connectivity index (χ3n) is 4.19. The number of anilines is 2. The smallest absolute Gasteiger partial charge is 0.270 e. The highest BCUT2D eigenvalue weighted by atomic mass is 19.1. The standard InChI is InChI=1S/C18H21FN4O/c19-13-6-5-9-15(10-13)22-17-11-16(20-12-21-17)18(24)23-14-7-3-1-2-4-8-14/h5-6,9-12,14H,1-4,7-8H2,(H,23,24)(H,20,21,22). The van der Waals surface area contributed by atoms with Gasteiger partial charge in [-0.05, 0) is 31.0 Å². The molecule has 0 saturated heterocycles. The fourth-order valence-electron chi connectivity index (χ4n) is 2.95. The third-order valence-corrected chi connectivity index (χ3v) is 4.19. The monoisotopic (exact) mass is 328 g/mol. The maximum atomic E-state index is 13.2. The number of carbonyl (C=O) groups excluding carboxylic acids is 1. The average molecular weight is 328 g/mol. The summed E-state index contributed by atoms with van der Waals surface area (Å²) in [5.74, 6) is -0.0615. The fourth-order valence-corrected chi connectivity index (χ4v) is 2.95. The third kappa shape index (κ3) is 4.50. The summed E-state index contributed by atoms with van der Waals surface area (Å²) >= 11 is 0. The molecule has 0 atom stereocenters. The summed E-state index contributed by atoms with van der Waals surface area (Å²) in [5.41, 5.74) is 0.886. The number of hydrogen-bond donors (Lipinski definition) is 2. The number of hydrogen-bond acceptors (Lipinski definition) is 4. The number of carbonyl (C=O) groups is 1. The maximum absolute atomic E-state index is 13.2. The minimum atomic E-state index is -0.333. The van der Waals surface area contributed by atoms with E-state index in [1.165, 1.54) is 31.3 Å². The van der Waals surface area contributed by atoms with Gasteiger partial charge < -0.3 is 10.6 Å². The van der Waals surface area contributed by atoms with E-state index in [0.717, 1.165) is 25.7 Å². The molecule has 2 aromatic rings. The van der Waals surface area contributed by atoms with Gasteiger partial charge >= 0.3 is 0 Å². The Kier molecular flexibility index (Phi) is 5.36. The molecule has 1 heterocycles. The van der Waals surface area contributed by atoms with Gasteiger partial charge in [-0.1, -0.05) is 31.7 Å². The van der Waals surface area contributed by atoms with Crippen LogP contribution in [0.1, 0.15) is 49.0 Å². The predicted molar refractivity (Wildman–Crippen MR) is 90.7 cm³/mol. The van der Waals surface area contributed by atoms with Crippen LogP contribution in [0.3, 0.4) is 0 Å². The number of halogens is 1. The molecule has 1 aliphatic carbocycles. The largest absolute Gasteiger partial charge is 0.348 e. The van der Waals surface area contributed by atoms with E-state index < -0.39 is 0 Å². The second-order valence-electron chi connectivity index (χ2n) is 6.09. The van der Waals surface area contributed by atoms with Gasteiger partial charge in [0.25, 0.3) is 5.91 Å². The summed E-state index contributed by atoms with van der Waals surface area (Å²) < 4.78 is 13.2. The molecule has 0 spiro atoms. The Morgan fingerprint density at radius 2 is 1.88 bits per heavy atom. The Hall–Kier alpha value is -2.50. The number of amides is 1. The number of benzene rings is 1. The van der Waals surface area contributed by atoms with Crippen molar-refractivity contribution in [1.29, 1.82) is 0 Å². The maximum Gasteiger partial charge on any atom is 0.270 e. The van der Waals surface area contributed by atoms with Crippen molar-refractivity contribution < 1.29 is 9.18 Å². The SMILES string of the molecule is O=C(NC1CCCCCC1)c1cc(Nc2cccc(F)c2)ncn1. The molecule has 2 N–H and O–H groups in total. The lowest BCUT2D eigenvalue weighted by molar-refractivity contribution is 0.0928. The van der Waals surface area contributed by atoms with Gasteiger partial charge in [0.15, 0.2) is 0 Å². The molecule has 6 heteroatoms. The summed E-state index contributed by atoms with van der Waals surface area (Å²) in [6, 6.07) is 7.88. The molecule has 1 aromatic carbocycles. The van der Waals surface area contributed by atoms with E-state index in [1.807, 2.05) is 0 Å². The Balaban J connectivity index is 1.66. The van der Waals surface area contributed by atoms with Crippen molar-refractivity contribution in [2.45, 2.75) is 44.6 Å². The van der Waals surface area contributed by atoms with E-state index in [0.29, 0.717) is 17.2 Å². The van der Waals surface area contributed by atoms with Crippen molar-refractivity contribution in [2.24, 2.45) is 0 Å². The fraction of sp³-hybridized carbons (Fsp3) is 0.389. The van der Waals surface area contributed by atoms with Crippen molar-refractivity contribution in [1.82, 2.24) is 15.3 Å². The minimum Gasteiger partial charge on any atom is -0.348 e. The van der Waals surface area contributed by atoms with Crippen LogP contribution in [-0.2, 0) is 0 Å². The van der Waals surface area contributed by atoms with Gasteiger partial charge in [-0.2, -0.15) is 0 Å². The van der Waals surface area contributed by atoms with Gasteiger partial charge in [0.05, 0.1) is 0 Å². The molecule has 1 aliphatic rings. The zero-order chi connectivity index (χ0) is 16.8. The number of nitrogens with one attached hydrogen (secondary N) is 2. The van der Waals surface area contributed by atoms with E-state index in [1.54, 1.807) is 18.2 Å². The van der Waals surface area contributed by atoms with E-state index >= 15 is 0 Å². The number of aromatic nitrogens is 2. The highest BCUT2D eigenvalue weighted by Crippen LogP contribution is 2.18. The van der Waals surface area contributed by atoms with Crippen LogP contribution in [0, 0.1) is 5.82 Å². The van der Waals surface area contributed by atoms with E-state index in [4.69, 9.17) is 0 Å². The number of rotatable bonds is 4. The molecule has 126 valence electrons. The minimum absolute atomic E-state index is 0.188. The summed E-state index contributed by atoms with van der Waals surface area (Å²) in [6.45, 7) is 0. The van der Waals surface area contributed by atoms with Crippen LogP contribution >= 0.6 is 0 Å². The molecule has 0 bridgehead atoms. The second kappa shape index (κ2) is 7.86. The first-order chi connectivity index (χ1) is 11.7. The molecule has 24 heavy (non-hydrogen) atoms. The highest BCUT2D eigenvalue weighted by Gasteiger charge is 2.17. The molecule has 0 radical (unpaired) electrons. The van der Waals surface area contributed by atoms with Crippen molar-refractivity contribution in [3.8, 4) is 0 Å². The second-order valence-corrected chi connectivity index (χ2v) is 6.09. The molecule has 0 unspecified atom stereocenters. The van der Waals surface area contributed by atoms with Gasteiger partial charge in [-0.25, -0.2) is 14.4 Å². The van der Waals surface area contributed by atoms with Crippen molar-refractivity contribution >= 4 is 17.4 Å². The zero-order valence-corrected chi connectivity index (χ0v) is 13.5. The first kappa shape index (κ1) is 16.4. The van der Waals surface area contributed by atoms with Crippen LogP contribution in [0.2, 0.25) is 0 Å². The van der Waals surface area contributed by atoms with E-state index in [-0.39, 0.29) is 17.8 Å². The summed E-state index contributed by atoms with van der Waals surface area (Å²) in [7, 11) is 0. The van der Waals surface area contributed by atoms with Gasteiger partial charge in [0, 0.05) is 17.8 Å². The predicted octanol–water partition coefficient (Wildman–Crippen LogP) is 3.81. The Bertz CT molecular complexity index is 699. The van der Waals surface area contributed by atoms with Crippen LogP contribution in [0.25, 0.3) is 0 Å². The lowest BCUT2D eigenvalue weighted by Crippen LogP contribution is -2.34. The Labute approximate surface area is 140 Å². The lowest BCUT2D eigenvalue weighted by atomic mass is 10.1. The quantitative estimate of drug-likeness (QED) is 0.838. The van der Waals surface area contributed by atoms with Gasteiger partial charge in [0.1, 0.15) is 23.7 Å². The molecule has 1 saturated carbocycles. The van der Waals surface area contributed by atoms with E-state index in [9.17, 15) is 9.18 Å². The Morgan fingerprint density at radius 3 is 2.62 bits per heavy atom. The first-order valence-corrected chi connectivity index (χ1v) is 8.36. The van der Waals surface area contributed by atoms with Gasteiger partial charge in [-0.15, -0.1) is 0 Å². The Morgan fingerprint density at radius 1 is 1.08 bits per heavy atom. The van der Waals surface area contributed by atoms with Crippen LogP contribution < -0.4 is 10.6 Å². The van der Waals surface area contributed by atoms with Crippen LogP contribution in [0.5, 0.6) is 0 Å². The molecule has 1 aromatic heterocycles. The van der Waals surface area contributed by atoms with Crippen LogP contribution in [-0.4, -0.2) is 21.9 Å². The van der Waals surface area contributed by atoms with E-state index in [2.05, 4.69) is 20.6 Å². The van der Waals surface area contributed by atoms with Crippen molar-refractivity contribution in [3.05, 3.63) is 48.2 Å². The molecule has 0 aliphatic heterocycles. The lowest BCUT2D eigenvalue weighted by Gasteiger charge is -2.16. The molecule has 1 amide bonds. The van der Waals surface area contributed by atoms with Gasteiger partial charge in [0.2, 0.25) is 0 Å². The van der Waals surface area contributed by atoms with Crippen LogP contribution in [0.15, 0.2) is 36.7 Å². The molecular weight excluding hydrogens is 307 g/mol.